The first-order chi connectivity index (χ1) is 9.79. The lowest BCUT2D eigenvalue weighted by Gasteiger charge is -2.26. The molecule has 0 saturated carbocycles. The maximum absolute atomic E-state index is 12.3. The second-order valence-corrected chi connectivity index (χ2v) is 7.55. The van der Waals surface area contributed by atoms with Crippen LogP contribution in [0.5, 0.6) is 0 Å². The van der Waals surface area contributed by atoms with E-state index in [4.69, 9.17) is 0 Å². The highest BCUT2D eigenvalue weighted by Crippen LogP contribution is 2.24. The molecule has 116 valence electrons. The second kappa shape index (κ2) is 6.05. The number of carbonyl (C=O) groups excluding carboxylic acids is 1. The van der Waals surface area contributed by atoms with Gasteiger partial charge in [-0.2, -0.15) is 0 Å². The maximum Gasteiger partial charge on any atom is 0.243 e. The van der Waals surface area contributed by atoms with Crippen LogP contribution in [0.1, 0.15) is 24.0 Å². The lowest BCUT2D eigenvalue weighted by molar-refractivity contribution is -0.128. The Morgan fingerprint density at radius 1 is 1.24 bits per heavy atom. The molecule has 0 spiro atoms. The summed E-state index contributed by atoms with van der Waals surface area (Å²) in [5, 5.41) is 0. The first-order valence-electron chi connectivity index (χ1n) is 7.12. The molecule has 21 heavy (non-hydrogen) atoms. The first kappa shape index (κ1) is 15.8. The molecule has 6 heteroatoms. The van der Waals surface area contributed by atoms with E-state index in [0.29, 0.717) is 5.69 Å². The summed E-state index contributed by atoms with van der Waals surface area (Å²) in [6, 6.07) is 5.55. The van der Waals surface area contributed by atoms with Gasteiger partial charge in [0.25, 0.3) is 0 Å². The molecule has 1 fully saturated rings. The van der Waals surface area contributed by atoms with Gasteiger partial charge in [-0.05, 0) is 38.3 Å². The van der Waals surface area contributed by atoms with Gasteiger partial charge >= 0.3 is 0 Å². The molecule has 1 aliphatic rings. The van der Waals surface area contributed by atoms with Crippen LogP contribution in [0.25, 0.3) is 0 Å². The zero-order valence-corrected chi connectivity index (χ0v) is 13.6. The fourth-order valence-corrected chi connectivity index (χ4v) is 3.56. The van der Waals surface area contributed by atoms with Crippen LogP contribution >= 0.6 is 0 Å². The number of amides is 1. The number of anilines is 1. The highest BCUT2D eigenvalue weighted by molar-refractivity contribution is 7.92. The third-order valence-corrected chi connectivity index (χ3v) is 4.89. The minimum absolute atomic E-state index is 0.122. The van der Waals surface area contributed by atoms with E-state index in [1.54, 1.807) is 11.0 Å². The van der Waals surface area contributed by atoms with E-state index in [9.17, 15) is 13.2 Å². The Labute approximate surface area is 126 Å². The van der Waals surface area contributed by atoms with Gasteiger partial charge < -0.3 is 4.90 Å². The smallest absolute Gasteiger partial charge is 0.243 e. The monoisotopic (exact) mass is 310 g/mol. The van der Waals surface area contributed by atoms with Crippen molar-refractivity contribution in [1.82, 2.24) is 4.90 Å². The molecule has 0 atom stereocenters. The number of sulfonamides is 1. The van der Waals surface area contributed by atoms with Gasteiger partial charge in [0.05, 0.1) is 11.9 Å². The third kappa shape index (κ3) is 3.75. The summed E-state index contributed by atoms with van der Waals surface area (Å²) >= 11 is 0. The highest BCUT2D eigenvalue weighted by Gasteiger charge is 2.26. The van der Waals surface area contributed by atoms with Crippen molar-refractivity contribution in [2.24, 2.45) is 0 Å². The molecule has 1 saturated heterocycles. The van der Waals surface area contributed by atoms with Crippen molar-refractivity contribution >= 4 is 21.6 Å². The van der Waals surface area contributed by atoms with Gasteiger partial charge in [0.2, 0.25) is 15.9 Å². The molecule has 0 aromatic heterocycles. The molecular weight excluding hydrogens is 288 g/mol. The molecule has 1 aromatic rings. The van der Waals surface area contributed by atoms with Crippen LogP contribution in [0.15, 0.2) is 18.2 Å². The van der Waals surface area contributed by atoms with Gasteiger partial charge in [-0.1, -0.05) is 17.7 Å². The molecule has 0 N–H and O–H groups in total. The van der Waals surface area contributed by atoms with Crippen molar-refractivity contribution in [1.29, 1.82) is 0 Å². The summed E-state index contributed by atoms with van der Waals surface area (Å²) in [6.45, 7) is 5.15. The van der Waals surface area contributed by atoms with Crippen molar-refractivity contribution in [2.75, 3.05) is 30.2 Å². The lowest BCUT2D eigenvalue weighted by Crippen LogP contribution is -2.41. The first-order valence-corrected chi connectivity index (χ1v) is 8.96. The summed E-state index contributed by atoms with van der Waals surface area (Å²) in [5.41, 5.74) is 2.50. The summed E-state index contributed by atoms with van der Waals surface area (Å²) < 4.78 is 25.4. The van der Waals surface area contributed by atoms with E-state index in [1.807, 2.05) is 26.0 Å². The number of nitrogens with zero attached hydrogens (tertiary/aromatic N) is 2. The molecular formula is C15H22N2O3S. The summed E-state index contributed by atoms with van der Waals surface area (Å²) in [5.74, 6) is -0.127. The maximum atomic E-state index is 12.3. The highest BCUT2D eigenvalue weighted by atomic mass is 32.2. The minimum Gasteiger partial charge on any atom is -0.341 e. The Balaban J connectivity index is 2.29. The Hall–Kier alpha value is -1.56. The van der Waals surface area contributed by atoms with E-state index < -0.39 is 10.0 Å². The van der Waals surface area contributed by atoms with Crippen LogP contribution in [-0.4, -0.2) is 45.1 Å². The molecule has 2 rings (SSSR count). The van der Waals surface area contributed by atoms with Crippen molar-refractivity contribution in [2.45, 2.75) is 26.7 Å². The van der Waals surface area contributed by atoms with Crippen molar-refractivity contribution in [3.63, 3.8) is 0 Å². The largest absolute Gasteiger partial charge is 0.341 e. The molecule has 1 heterocycles. The fraction of sp³-hybridized carbons (Fsp3) is 0.533. The average Bonchev–Trinajstić information content (AvgIpc) is 2.89. The third-order valence-electron chi connectivity index (χ3n) is 3.76. The van der Waals surface area contributed by atoms with E-state index in [0.717, 1.165) is 43.3 Å². The fourth-order valence-electron chi connectivity index (χ4n) is 2.66. The van der Waals surface area contributed by atoms with Crippen molar-refractivity contribution in [3.8, 4) is 0 Å². The molecule has 1 amide bonds. The number of carbonyl (C=O) groups is 1. The topological polar surface area (TPSA) is 57.7 Å². The predicted octanol–water partition coefficient (Wildman–Crippen LogP) is 1.69. The minimum atomic E-state index is -3.49. The number of benzene rings is 1. The van der Waals surface area contributed by atoms with Crippen LogP contribution in [0.4, 0.5) is 5.69 Å². The number of aryl methyl sites for hydroxylation is 2. The number of rotatable bonds is 4. The number of likely N-dealkylation sites (tertiary alicyclic amines) is 1. The molecule has 1 aliphatic heterocycles. The Bertz CT molecular complexity index is 634. The molecule has 0 bridgehead atoms. The van der Waals surface area contributed by atoms with Crippen LogP contribution in [0.3, 0.4) is 0 Å². The zero-order chi connectivity index (χ0) is 15.6. The van der Waals surface area contributed by atoms with Crippen molar-refractivity contribution in [3.05, 3.63) is 29.3 Å². The van der Waals surface area contributed by atoms with Crippen LogP contribution in [0.2, 0.25) is 0 Å². The van der Waals surface area contributed by atoms with Gasteiger partial charge in [-0.25, -0.2) is 8.42 Å². The Kier molecular flexibility index (Phi) is 4.56. The Morgan fingerprint density at radius 3 is 2.38 bits per heavy atom. The molecule has 0 aliphatic carbocycles. The molecule has 5 nitrogen and oxygen atoms in total. The van der Waals surface area contributed by atoms with Gasteiger partial charge in [-0.15, -0.1) is 0 Å². The van der Waals surface area contributed by atoms with Crippen LogP contribution in [0, 0.1) is 13.8 Å². The summed E-state index contributed by atoms with van der Waals surface area (Å²) in [7, 11) is -3.49. The van der Waals surface area contributed by atoms with Gasteiger partial charge in [0.1, 0.15) is 6.54 Å². The molecule has 0 radical (unpaired) electrons. The van der Waals surface area contributed by atoms with Crippen molar-refractivity contribution < 1.29 is 13.2 Å². The van der Waals surface area contributed by atoms with Gasteiger partial charge in [0, 0.05) is 13.1 Å². The standard InChI is InChI=1S/C15H22N2O3S/c1-12-6-7-14(13(2)10-12)17(21(3,19)20)11-15(18)16-8-4-5-9-16/h6-7,10H,4-5,8-9,11H2,1-3H3. The second-order valence-electron chi connectivity index (χ2n) is 5.65. The lowest BCUT2D eigenvalue weighted by atomic mass is 10.1. The van der Waals surface area contributed by atoms with E-state index in [1.165, 1.54) is 4.31 Å². The van der Waals surface area contributed by atoms with Gasteiger partial charge in [-0.3, -0.25) is 9.10 Å². The number of hydrogen-bond donors (Lipinski definition) is 0. The molecule has 0 unspecified atom stereocenters. The van der Waals surface area contributed by atoms with E-state index >= 15 is 0 Å². The summed E-state index contributed by atoms with van der Waals surface area (Å²) in [6.07, 6.45) is 3.13. The SMILES string of the molecule is Cc1ccc(N(CC(=O)N2CCCC2)S(C)(=O)=O)c(C)c1. The summed E-state index contributed by atoms with van der Waals surface area (Å²) in [4.78, 5) is 14.0. The quantitative estimate of drug-likeness (QED) is 0.850. The van der Waals surface area contributed by atoms with Crippen LogP contribution < -0.4 is 4.31 Å². The number of hydrogen-bond acceptors (Lipinski definition) is 3. The zero-order valence-electron chi connectivity index (χ0n) is 12.8. The normalized spacial score (nSPS) is 15.3. The predicted molar refractivity (Wildman–Crippen MR) is 83.9 cm³/mol. The van der Waals surface area contributed by atoms with Gasteiger partial charge in [0.15, 0.2) is 0 Å². The van der Waals surface area contributed by atoms with E-state index in [2.05, 4.69) is 0 Å². The van der Waals surface area contributed by atoms with E-state index in [-0.39, 0.29) is 12.5 Å². The Morgan fingerprint density at radius 2 is 1.86 bits per heavy atom. The molecule has 1 aromatic carbocycles. The average molecular weight is 310 g/mol. The van der Waals surface area contributed by atoms with Crippen LogP contribution in [-0.2, 0) is 14.8 Å².